The standard InChI is InChI=1S/C15H32N2O/c1-5-15-12-17(10-7-11-18-15)14(4)8-6-9-16-13(2)3/h13-16H,5-12H2,1-4H3. The molecule has 18 heavy (non-hydrogen) atoms. The molecule has 0 amide bonds. The van der Waals surface area contributed by atoms with Crippen molar-refractivity contribution in [2.75, 3.05) is 26.2 Å². The van der Waals surface area contributed by atoms with Crippen molar-refractivity contribution >= 4 is 0 Å². The van der Waals surface area contributed by atoms with E-state index in [1.54, 1.807) is 0 Å². The SMILES string of the molecule is CCC1CN(C(C)CCCNC(C)C)CCCO1. The first-order chi connectivity index (χ1) is 8.63. The first-order valence-corrected chi connectivity index (χ1v) is 7.72. The van der Waals surface area contributed by atoms with Gasteiger partial charge in [-0.05, 0) is 39.2 Å². The largest absolute Gasteiger partial charge is 0.377 e. The van der Waals surface area contributed by atoms with Crippen LogP contribution in [0, 0.1) is 0 Å². The Morgan fingerprint density at radius 1 is 1.33 bits per heavy atom. The molecule has 1 rings (SSSR count). The molecule has 0 aliphatic carbocycles. The molecule has 1 N–H and O–H groups in total. The summed E-state index contributed by atoms with van der Waals surface area (Å²) in [7, 11) is 0. The minimum atomic E-state index is 0.448. The Balaban J connectivity index is 2.24. The van der Waals surface area contributed by atoms with Crippen molar-refractivity contribution in [1.82, 2.24) is 10.2 Å². The van der Waals surface area contributed by atoms with Crippen molar-refractivity contribution < 1.29 is 4.74 Å². The summed E-state index contributed by atoms with van der Waals surface area (Å²) in [4.78, 5) is 2.62. The Morgan fingerprint density at radius 2 is 2.11 bits per heavy atom. The lowest BCUT2D eigenvalue weighted by Crippen LogP contribution is -2.38. The fraction of sp³-hybridized carbons (Fsp3) is 1.00. The maximum atomic E-state index is 5.84. The lowest BCUT2D eigenvalue weighted by molar-refractivity contribution is 0.0459. The minimum absolute atomic E-state index is 0.448. The molecule has 1 aliphatic heterocycles. The van der Waals surface area contributed by atoms with Crippen LogP contribution in [-0.2, 0) is 4.74 Å². The molecule has 0 saturated carbocycles. The summed E-state index contributed by atoms with van der Waals surface area (Å²) < 4.78 is 5.84. The normalized spacial score (nSPS) is 24.2. The van der Waals surface area contributed by atoms with E-state index in [9.17, 15) is 0 Å². The molecule has 1 aliphatic rings. The van der Waals surface area contributed by atoms with Crippen LogP contribution >= 0.6 is 0 Å². The van der Waals surface area contributed by atoms with Crippen LogP contribution in [0.25, 0.3) is 0 Å². The smallest absolute Gasteiger partial charge is 0.0699 e. The van der Waals surface area contributed by atoms with Gasteiger partial charge < -0.3 is 10.1 Å². The third-order valence-electron chi connectivity index (χ3n) is 3.81. The maximum absolute atomic E-state index is 5.84. The van der Waals surface area contributed by atoms with Crippen molar-refractivity contribution in [2.45, 2.75) is 71.6 Å². The quantitative estimate of drug-likeness (QED) is 0.709. The van der Waals surface area contributed by atoms with E-state index in [1.165, 1.54) is 25.8 Å². The van der Waals surface area contributed by atoms with E-state index in [0.29, 0.717) is 18.2 Å². The van der Waals surface area contributed by atoms with Gasteiger partial charge in [-0.3, -0.25) is 4.90 Å². The number of nitrogens with one attached hydrogen (secondary N) is 1. The molecule has 0 aromatic carbocycles. The summed E-state index contributed by atoms with van der Waals surface area (Å²) >= 11 is 0. The lowest BCUT2D eigenvalue weighted by Gasteiger charge is -2.29. The van der Waals surface area contributed by atoms with Crippen LogP contribution in [0.1, 0.15) is 53.4 Å². The van der Waals surface area contributed by atoms with Gasteiger partial charge >= 0.3 is 0 Å². The van der Waals surface area contributed by atoms with Crippen molar-refractivity contribution in [3.05, 3.63) is 0 Å². The molecule has 0 spiro atoms. The van der Waals surface area contributed by atoms with E-state index in [4.69, 9.17) is 4.74 Å². The van der Waals surface area contributed by atoms with Crippen LogP contribution in [0.2, 0.25) is 0 Å². The van der Waals surface area contributed by atoms with Gasteiger partial charge in [0.05, 0.1) is 6.10 Å². The van der Waals surface area contributed by atoms with Crippen LogP contribution in [0.5, 0.6) is 0 Å². The second-order valence-corrected chi connectivity index (χ2v) is 5.85. The molecule has 0 aromatic rings. The highest BCUT2D eigenvalue weighted by Gasteiger charge is 2.20. The molecule has 1 heterocycles. The van der Waals surface area contributed by atoms with Crippen molar-refractivity contribution in [3.8, 4) is 0 Å². The Kier molecular flexibility index (Phi) is 7.87. The van der Waals surface area contributed by atoms with Gasteiger partial charge in [0.25, 0.3) is 0 Å². The minimum Gasteiger partial charge on any atom is -0.377 e. The Morgan fingerprint density at radius 3 is 2.78 bits per heavy atom. The number of rotatable bonds is 7. The van der Waals surface area contributed by atoms with Gasteiger partial charge in [-0.1, -0.05) is 20.8 Å². The molecular weight excluding hydrogens is 224 g/mol. The van der Waals surface area contributed by atoms with Crippen LogP contribution < -0.4 is 5.32 Å². The highest BCUT2D eigenvalue weighted by molar-refractivity contribution is 4.74. The number of hydrogen-bond donors (Lipinski definition) is 1. The lowest BCUT2D eigenvalue weighted by atomic mass is 10.1. The highest BCUT2D eigenvalue weighted by Crippen LogP contribution is 2.14. The summed E-state index contributed by atoms with van der Waals surface area (Å²) in [6.07, 6.45) is 5.33. The number of hydrogen-bond acceptors (Lipinski definition) is 3. The highest BCUT2D eigenvalue weighted by atomic mass is 16.5. The molecule has 2 atom stereocenters. The van der Waals surface area contributed by atoms with Crippen LogP contribution in [-0.4, -0.2) is 49.3 Å². The fourth-order valence-electron chi connectivity index (χ4n) is 2.54. The van der Waals surface area contributed by atoms with Gasteiger partial charge in [-0.15, -0.1) is 0 Å². The van der Waals surface area contributed by atoms with Gasteiger partial charge in [0.2, 0.25) is 0 Å². The fourth-order valence-corrected chi connectivity index (χ4v) is 2.54. The molecule has 0 aromatic heterocycles. The molecule has 3 heteroatoms. The van der Waals surface area contributed by atoms with Gasteiger partial charge in [0.15, 0.2) is 0 Å². The predicted octanol–water partition coefficient (Wildman–Crippen LogP) is 2.65. The first kappa shape index (κ1) is 15.9. The summed E-state index contributed by atoms with van der Waals surface area (Å²) in [5, 5.41) is 3.49. The third kappa shape index (κ3) is 6.17. The van der Waals surface area contributed by atoms with Crippen LogP contribution in [0.4, 0.5) is 0 Å². The molecule has 1 saturated heterocycles. The first-order valence-electron chi connectivity index (χ1n) is 7.72. The van der Waals surface area contributed by atoms with Gasteiger partial charge in [0, 0.05) is 31.8 Å². The molecular formula is C15H32N2O. The monoisotopic (exact) mass is 256 g/mol. The van der Waals surface area contributed by atoms with E-state index < -0.39 is 0 Å². The molecule has 0 radical (unpaired) electrons. The number of nitrogens with zero attached hydrogens (tertiary/aromatic N) is 1. The molecule has 2 unspecified atom stereocenters. The Hall–Kier alpha value is -0.120. The Bertz CT molecular complexity index is 209. The predicted molar refractivity (Wildman–Crippen MR) is 78.1 cm³/mol. The molecule has 1 fully saturated rings. The second-order valence-electron chi connectivity index (χ2n) is 5.85. The zero-order valence-electron chi connectivity index (χ0n) is 12.7. The molecule has 0 bridgehead atoms. The second kappa shape index (κ2) is 8.89. The number of ether oxygens (including phenoxy) is 1. The van der Waals surface area contributed by atoms with E-state index in [2.05, 4.69) is 37.9 Å². The van der Waals surface area contributed by atoms with Crippen molar-refractivity contribution in [2.24, 2.45) is 0 Å². The summed E-state index contributed by atoms with van der Waals surface area (Å²) in [6.45, 7) is 13.4. The zero-order chi connectivity index (χ0) is 13.4. The van der Waals surface area contributed by atoms with Gasteiger partial charge in [-0.25, -0.2) is 0 Å². The van der Waals surface area contributed by atoms with E-state index in [1.807, 2.05) is 0 Å². The average molecular weight is 256 g/mol. The summed E-state index contributed by atoms with van der Waals surface area (Å²) in [6, 6.07) is 1.30. The summed E-state index contributed by atoms with van der Waals surface area (Å²) in [5.74, 6) is 0. The van der Waals surface area contributed by atoms with E-state index >= 15 is 0 Å². The third-order valence-corrected chi connectivity index (χ3v) is 3.81. The van der Waals surface area contributed by atoms with Gasteiger partial charge in [0.1, 0.15) is 0 Å². The average Bonchev–Trinajstić information content (AvgIpc) is 2.59. The van der Waals surface area contributed by atoms with Gasteiger partial charge in [-0.2, -0.15) is 0 Å². The van der Waals surface area contributed by atoms with Crippen molar-refractivity contribution in [1.29, 1.82) is 0 Å². The zero-order valence-corrected chi connectivity index (χ0v) is 12.7. The maximum Gasteiger partial charge on any atom is 0.0699 e. The van der Waals surface area contributed by atoms with E-state index in [0.717, 1.165) is 26.1 Å². The topological polar surface area (TPSA) is 24.5 Å². The van der Waals surface area contributed by atoms with Crippen LogP contribution in [0.3, 0.4) is 0 Å². The summed E-state index contributed by atoms with van der Waals surface area (Å²) in [5.41, 5.74) is 0. The Labute approximate surface area is 113 Å². The molecule has 108 valence electrons. The van der Waals surface area contributed by atoms with Crippen LogP contribution in [0.15, 0.2) is 0 Å². The van der Waals surface area contributed by atoms with E-state index in [-0.39, 0.29) is 0 Å². The molecule has 3 nitrogen and oxygen atoms in total. The van der Waals surface area contributed by atoms with Crippen molar-refractivity contribution in [3.63, 3.8) is 0 Å².